The van der Waals surface area contributed by atoms with Gasteiger partial charge in [0.1, 0.15) is 0 Å². The van der Waals surface area contributed by atoms with E-state index in [1.54, 1.807) is 12.1 Å². The highest BCUT2D eigenvalue weighted by atomic mass is 35.5. The van der Waals surface area contributed by atoms with Gasteiger partial charge < -0.3 is 4.90 Å². The third-order valence-electron chi connectivity index (χ3n) is 2.78. The van der Waals surface area contributed by atoms with Crippen LogP contribution in [0.4, 0.5) is 0 Å². The number of amides is 1. The molecule has 4 heteroatoms. The first kappa shape index (κ1) is 12.5. The Labute approximate surface area is 111 Å². The van der Waals surface area contributed by atoms with E-state index in [1.807, 2.05) is 11.0 Å². The molecule has 1 fully saturated rings. The minimum absolute atomic E-state index is 0.0291. The molecule has 90 valence electrons. The smallest absolute Gasteiger partial charge is 0.246 e. The number of nitrogens with zero attached hydrogens (tertiary/aromatic N) is 1. The summed E-state index contributed by atoms with van der Waals surface area (Å²) in [6.45, 7) is 4.09. The zero-order valence-electron chi connectivity index (χ0n) is 9.33. The summed E-state index contributed by atoms with van der Waals surface area (Å²) in [5, 5.41) is 1.05. The van der Waals surface area contributed by atoms with Crippen LogP contribution in [0, 0.1) is 0 Å². The Hall–Kier alpha value is -0.990. The molecule has 1 amide bonds. The molecule has 0 atom stereocenters. The van der Waals surface area contributed by atoms with E-state index in [0.717, 1.165) is 18.4 Å². The Balaban J connectivity index is 2.14. The predicted octanol–water partition coefficient (Wildman–Crippen LogP) is 3.67. The van der Waals surface area contributed by atoms with Gasteiger partial charge in [-0.3, -0.25) is 4.79 Å². The van der Waals surface area contributed by atoms with Crippen molar-refractivity contribution in [3.05, 3.63) is 46.5 Å². The molecule has 0 aromatic heterocycles. The summed E-state index contributed by atoms with van der Waals surface area (Å²) in [5.74, 6) is -0.0291. The molecular weight excluding hydrogens is 257 g/mol. The normalized spacial score (nSPS) is 14.5. The summed E-state index contributed by atoms with van der Waals surface area (Å²) in [7, 11) is 0. The van der Waals surface area contributed by atoms with Crippen LogP contribution in [0.1, 0.15) is 18.4 Å². The summed E-state index contributed by atoms with van der Waals surface area (Å²) in [4.78, 5) is 13.5. The van der Waals surface area contributed by atoms with Crippen LogP contribution in [0.2, 0.25) is 10.0 Å². The molecule has 1 aliphatic rings. The Morgan fingerprint density at radius 1 is 1.41 bits per heavy atom. The largest absolute Gasteiger partial charge is 0.332 e. The molecule has 1 aromatic rings. The fraction of sp³-hybridized carbons (Fsp3) is 0.308. The molecule has 2 nitrogen and oxygen atoms in total. The van der Waals surface area contributed by atoms with Crippen LogP contribution < -0.4 is 0 Å². The van der Waals surface area contributed by atoms with Crippen LogP contribution in [0.25, 0.3) is 0 Å². The summed E-state index contributed by atoms with van der Waals surface area (Å²) in [6, 6.07) is 5.80. The topological polar surface area (TPSA) is 20.3 Å². The molecule has 1 aromatic carbocycles. The van der Waals surface area contributed by atoms with E-state index in [4.69, 9.17) is 23.2 Å². The third kappa shape index (κ3) is 3.02. The van der Waals surface area contributed by atoms with Gasteiger partial charge in [0.25, 0.3) is 0 Å². The molecule has 0 aliphatic heterocycles. The molecule has 0 unspecified atom stereocenters. The highest BCUT2D eigenvalue weighted by molar-refractivity contribution is 6.42. The number of rotatable bonds is 4. The average molecular weight is 270 g/mol. The van der Waals surface area contributed by atoms with Crippen molar-refractivity contribution in [3.63, 3.8) is 0 Å². The highest BCUT2D eigenvalue weighted by Gasteiger charge is 2.31. The third-order valence-corrected chi connectivity index (χ3v) is 3.52. The van der Waals surface area contributed by atoms with Crippen LogP contribution in [-0.4, -0.2) is 16.8 Å². The highest BCUT2D eigenvalue weighted by Crippen LogP contribution is 2.30. The summed E-state index contributed by atoms with van der Waals surface area (Å²) in [6.07, 6.45) is 3.50. The molecule has 2 rings (SSSR count). The van der Waals surface area contributed by atoms with Crippen molar-refractivity contribution in [1.29, 1.82) is 0 Å². The second-order valence-electron chi connectivity index (χ2n) is 4.15. The number of benzene rings is 1. The maximum absolute atomic E-state index is 11.7. The monoisotopic (exact) mass is 269 g/mol. The van der Waals surface area contributed by atoms with Crippen molar-refractivity contribution < 1.29 is 4.79 Å². The molecule has 0 radical (unpaired) electrons. The number of hydrogen-bond donors (Lipinski definition) is 0. The fourth-order valence-corrected chi connectivity index (χ4v) is 2.05. The fourth-order valence-electron chi connectivity index (χ4n) is 1.73. The van der Waals surface area contributed by atoms with Crippen molar-refractivity contribution >= 4 is 29.1 Å². The molecule has 0 N–H and O–H groups in total. The van der Waals surface area contributed by atoms with E-state index < -0.39 is 0 Å². The molecule has 0 spiro atoms. The van der Waals surface area contributed by atoms with E-state index in [-0.39, 0.29) is 5.91 Å². The molecular formula is C13H13Cl2NO. The Morgan fingerprint density at radius 2 is 2.12 bits per heavy atom. The van der Waals surface area contributed by atoms with Crippen LogP contribution in [-0.2, 0) is 11.3 Å². The van der Waals surface area contributed by atoms with Crippen molar-refractivity contribution in [1.82, 2.24) is 4.90 Å². The van der Waals surface area contributed by atoms with Crippen molar-refractivity contribution in [2.45, 2.75) is 25.4 Å². The van der Waals surface area contributed by atoms with Gasteiger partial charge in [-0.2, -0.15) is 0 Å². The second kappa shape index (κ2) is 5.11. The van der Waals surface area contributed by atoms with Gasteiger partial charge in [-0.15, -0.1) is 0 Å². The van der Waals surface area contributed by atoms with Gasteiger partial charge in [-0.1, -0.05) is 35.8 Å². The van der Waals surface area contributed by atoms with Gasteiger partial charge in [0.15, 0.2) is 0 Å². The van der Waals surface area contributed by atoms with E-state index in [2.05, 4.69) is 6.58 Å². The van der Waals surface area contributed by atoms with Gasteiger partial charge in [0.2, 0.25) is 5.91 Å². The Kier molecular flexibility index (Phi) is 3.75. The lowest BCUT2D eigenvalue weighted by molar-refractivity contribution is -0.127. The van der Waals surface area contributed by atoms with E-state index in [9.17, 15) is 4.79 Å². The molecule has 1 saturated carbocycles. The first-order valence-electron chi connectivity index (χ1n) is 5.49. The molecule has 0 saturated heterocycles. The first-order chi connectivity index (χ1) is 8.11. The van der Waals surface area contributed by atoms with Gasteiger partial charge in [0.05, 0.1) is 10.0 Å². The first-order valence-corrected chi connectivity index (χ1v) is 6.24. The number of hydrogen-bond acceptors (Lipinski definition) is 1. The predicted molar refractivity (Wildman–Crippen MR) is 70.2 cm³/mol. The Morgan fingerprint density at radius 3 is 2.65 bits per heavy atom. The summed E-state index contributed by atoms with van der Waals surface area (Å²) < 4.78 is 0. The number of carbonyl (C=O) groups is 1. The van der Waals surface area contributed by atoms with E-state index in [0.29, 0.717) is 22.6 Å². The van der Waals surface area contributed by atoms with Gasteiger partial charge in [0, 0.05) is 12.6 Å². The molecule has 1 aliphatic carbocycles. The van der Waals surface area contributed by atoms with Gasteiger partial charge >= 0.3 is 0 Å². The van der Waals surface area contributed by atoms with E-state index in [1.165, 1.54) is 6.08 Å². The van der Waals surface area contributed by atoms with Crippen molar-refractivity contribution in [2.75, 3.05) is 0 Å². The van der Waals surface area contributed by atoms with Gasteiger partial charge in [-0.05, 0) is 36.6 Å². The molecule has 0 bridgehead atoms. The summed E-state index contributed by atoms with van der Waals surface area (Å²) in [5.41, 5.74) is 0.988. The quantitative estimate of drug-likeness (QED) is 0.764. The van der Waals surface area contributed by atoms with Crippen LogP contribution in [0.3, 0.4) is 0 Å². The minimum Gasteiger partial charge on any atom is -0.332 e. The maximum atomic E-state index is 11.7. The standard InChI is InChI=1S/C13H13Cl2NO/c1-2-13(17)16(10-4-5-10)8-9-3-6-11(14)12(15)7-9/h2-3,6-7,10H,1,4-5,8H2. The summed E-state index contributed by atoms with van der Waals surface area (Å²) >= 11 is 11.8. The number of carbonyl (C=O) groups excluding carboxylic acids is 1. The molecule has 0 heterocycles. The Bertz CT molecular complexity index is 455. The van der Waals surface area contributed by atoms with Crippen molar-refractivity contribution in [2.24, 2.45) is 0 Å². The SMILES string of the molecule is C=CC(=O)N(Cc1ccc(Cl)c(Cl)c1)C1CC1. The number of halogens is 2. The molecule has 17 heavy (non-hydrogen) atoms. The lowest BCUT2D eigenvalue weighted by atomic mass is 10.2. The van der Waals surface area contributed by atoms with Crippen molar-refractivity contribution in [3.8, 4) is 0 Å². The van der Waals surface area contributed by atoms with Crippen LogP contribution >= 0.6 is 23.2 Å². The maximum Gasteiger partial charge on any atom is 0.246 e. The zero-order valence-corrected chi connectivity index (χ0v) is 10.8. The average Bonchev–Trinajstić information content (AvgIpc) is 3.13. The van der Waals surface area contributed by atoms with Gasteiger partial charge in [-0.25, -0.2) is 0 Å². The zero-order chi connectivity index (χ0) is 12.4. The minimum atomic E-state index is -0.0291. The van der Waals surface area contributed by atoms with Crippen LogP contribution in [0.15, 0.2) is 30.9 Å². The lowest BCUT2D eigenvalue weighted by Gasteiger charge is -2.21. The second-order valence-corrected chi connectivity index (χ2v) is 4.96. The van der Waals surface area contributed by atoms with E-state index >= 15 is 0 Å². The lowest BCUT2D eigenvalue weighted by Crippen LogP contribution is -2.30. The van der Waals surface area contributed by atoms with Crippen LogP contribution in [0.5, 0.6) is 0 Å².